The summed E-state index contributed by atoms with van der Waals surface area (Å²) in [6, 6.07) is 4.57. The van der Waals surface area contributed by atoms with Gasteiger partial charge in [0.15, 0.2) is 6.10 Å². The summed E-state index contributed by atoms with van der Waals surface area (Å²) >= 11 is 0. The van der Waals surface area contributed by atoms with Crippen molar-refractivity contribution in [2.75, 3.05) is 5.32 Å². The van der Waals surface area contributed by atoms with Gasteiger partial charge >= 0.3 is 5.97 Å². The first-order valence-electron chi connectivity index (χ1n) is 9.81. The number of likely N-dealkylation sites (tertiary alicyclic amines) is 1. The number of hydrogen-bond donors (Lipinski definition) is 1. The van der Waals surface area contributed by atoms with Crippen LogP contribution in [0.5, 0.6) is 0 Å². The van der Waals surface area contributed by atoms with E-state index in [4.69, 9.17) is 4.74 Å². The Bertz CT molecular complexity index is 845. The molecule has 1 saturated heterocycles. The predicted octanol–water partition coefficient (Wildman–Crippen LogP) is 2.51. The normalized spacial score (nSPS) is 22.8. The highest BCUT2D eigenvalue weighted by molar-refractivity contribution is 6.08. The van der Waals surface area contributed by atoms with E-state index in [1.807, 2.05) is 44.2 Å². The summed E-state index contributed by atoms with van der Waals surface area (Å²) in [5.74, 6) is -2.76. The maximum atomic E-state index is 12.6. The summed E-state index contributed by atoms with van der Waals surface area (Å²) in [7, 11) is 0. The van der Waals surface area contributed by atoms with E-state index < -0.39 is 35.9 Å². The van der Waals surface area contributed by atoms with Crippen molar-refractivity contribution in [1.82, 2.24) is 4.90 Å². The van der Waals surface area contributed by atoms with E-state index >= 15 is 0 Å². The monoisotopic (exact) mass is 398 g/mol. The predicted molar refractivity (Wildman–Crippen MR) is 107 cm³/mol. The zero-order chi connectivity index (χ0) is 21.3. The Morgan fingerprint density at radius 2 is 1.55 bits per heavy atom. The number of esters is 1. The SMILES string of the molecule is Cc1cccc(C)c1NC(=O)[C@H](C)OC(=O)[C@H](C)N1C(=O)[C@H]2CC=CC[C@H]2C1=O. The summed E-state index contributed by atoms with van der Waals surface area (Å²) in [5.41, 5.74) is 2.47. The molecule has 1 heterocycles. The van der Waals surface area contributed by atoms with Crippen LogP contribution in [0.2, 0.25) is 0 Å². The van der Waals surface area contributed by atoms with Crippen LogP contribution in [0.15, 0.2) is 30.4 Å². The average Bonchev–Trinajstić information content (AvgIpc) is 2.95. The highest BCUT2D eigenvalue weighted by atomic mass is 16.5. The molecule has 1 aliphatic carbocycles. The number of benzene rings is 1. The van der Waals surface area contributed by atoms with Gasteiger partial charge in [-0.3, -0.25) is 19.3 Å². The lowest BCUT2D eigenvalue weighted by molar-refractivity contribution is -0.163. The molecule has 0 radical (unpaired) electrons. The van der Waals surface area contributed by atoms with E-state index in [-0.39, 0.29) is 11.8 Å². The Morgan fingerprint density at radius 3 is 2.07 bits per heavy atom. The van der Waals surface area contributed by atoms with Gasteiger partial charge in [-0.05, 0) is 51.7 Å². The Kier molecular flexibility index (Phi) is 5.86. The molecule has 1 aromatic carbocycles. The minimum atomic E-state index is -1.07. The molecule has 7 nitrogen and oxygen atoms in total. The molecule has 7 heteroatoms. The quantitative estimate of drug-likeness (QED) is 0.467. The molecule has 0 saturated carbocycles. The Labute approximate surface area is 170 Å². The third-order valence-electron chi connectivity index (χ3n) is 5.66. The van der Waals surface area contributed by atoms with Gasteiger partial charge in [0.1, 0.15) is 6.04 Å². The van der Waals surface area contributed by atoms with Crippen LogP contribution in [-0.4, -0.2) is 40.7 Å². The second kappa shape index (κ2) is 8.19. The van der Waals surface area contributed by atoms with Gasteiger partial charge in [-0.2, -0.15) is 0 Å². The van der Waals surface area contributed by atoms with Crippen molar-refractivity contribution in [1.29, 1.82) is 0 Å². The maximum absolute atomic E-state index is 12.6. The van der Waals surface area contributed by atoms with E-state index in [1.165, 1.54) is 13.8 Å². The van der Waals surface area contributed by atoms with Gasteiger partial charge < -0.3 is 10.1 Å². The molecular formula is C22H26N2O5. The average molecular weight is 398 g/mol. The number of amides is 3. The van der Waals surface area contributed by atoms with Gasteiger partial charge in [0.2, 0.25) is 11.8 Å². The molecule has 2 aliphatic rings. The third-order valence-corrected chi connectivity index (χ3v) is 5.66. The number of aryl methyl sites for hydroxylation is 2. The number of hydrogen-bond acceptors (Lipinski definition) is 5. The van der Waals surface area contributed by atoms with Crippen molar-refractivity contribution in [3.8, 4) is 0 Å². The summed E-state index contributed by atoms with van der Waals surface area (Å²) in [6.45, 7) is 6.67. The fourth-order valence-corrected chi connectivity index (χ4v) is 3.88. The van der Waals surface area contributed by atoms with Gasteiger partial charge in [0.25, 0.3) is 5.91 Å². The van der Waals surface area contributed by atoms with Crippen LogP contribution < -0.4 is 5.32 Å². The minimum Gasteiger partial charge on any atom is -0.451 e. The van der Waals surface area contributed by atoms with Crippen LogP contribution in [0.3, 0.4) is 0 Å². The zero-order valence-corrected chi connectivity index (χ0v) is 17.1. The lowest BCUT2D eigenvalue weighted by Crippen LogP contribution is -2.46. The number of anilines is 1. The number of para-hydroxylation sites is 1. The van der Waals surface area contributed by atoms with Gasteiger partial charge in [0.05, 0.1) is 11.8 Å². The fourth-order valence-electron chi connectivity index (χ4n) is 3.88. The van der Waals surface area contributed by atoms with Crippen LogP contribution in [0.1, 0.15) is 37.8 Å². The summed E-state index contributed by atoms with van der Waals surface area (Å²) < 4.78 is 5.28. The van der Waals surface area contributed by atoms with Gasteiger partial charge in [-0.25, -0.2) is 4.79 Å². The van der Waals surface area contributed by atoms with Crippen molar-refractivity contribution in [2.24, 2.45) is 11.8 Å². The molecule has 0 aromatic heterocycles. The summed E-state index contributed by atoms with van der Waals surface area (Å²) in [6.07, 6.45) is 3.71. The van der Waals surface area contributed by atoms with Crippen molar-refractivity contribution < 1.29 is 23.9 Å². The molecule has 1 N–H and O–H groups in total. The number of fused-ring (bicyclic) bond motifs is 1. The van der Waals surface area contributed by atoms with Crippen LogP contribution >= 0.6 is 0 Å². The minimum absolute atomic E-state index is 0.346. The van der Waals surface area contributed by atoms with E-state index in [0.29, 0.717) is 18.5 Å². The second-order valence-corrected chi connectivity index (χ2v) is 7.71. The van der Waals surface area contributed by atoms with Crippen molar-refractivity contribution in [2.45, 2.75) is 52.7 Å². The second-order valence-electron chi connectivity index (χ2n) is 7.71. The molecule has 1 fully saturated rings. The molecule has 29 heavy (non-hydrogen) atoms. The third kappa shape index (κ3) is 3.95. The number of imide groups is 1. The highest BCUT2D eigenvalue weighted by Gasteiger charge is 2.50. The fraction of sp³-hybridized carbons (Fsp3) is 0.455. The smallest absolute Gasteiger partial charge is 0.329 e. The van der Waals surface area contributed by atoms with E-state index in [9.17, 15) is 19.2 Å². The molecular weight excluding hydrogens is 372 g/mol. The number of rotatable bonds is 5. The summed E-state index contributed by atoms with van der Waals surface area (Å²) in [5, 5.41) is 2.78. The molecule has 1 aromatic rings. The first-order chi connectivity index (χ1) is 13.7. The standard InChI is InChI=1S/C22H26N2O5/c1-12-8-7-9-13(2)18(12)23-19(25)15(4)29-22(28)14(3)24-20(26)16-10-5-6-11-17(16)21(24)27/h5-9,14-17H,10-11H2,1-4H3,(H,23,25)/t14-,15-,16-,17+/m0/s1. The number of carbonyl (C=O) groups excluding carboxylic acids is 4. The Hall–Kier alpha value is -2.96. The number of allylic oxidation sites excluding steroid dienone is 2. The molecule has 3 rings (SSSR count). The van der Waals surface area contributed by atoms with Gasteiger partial charge in [-0.15, -0.1) is 0 Å². The topological polar surface area (TPSA) is 92.8 Å². The van der Waals surface area contributed by atoms with Gasteiger partial charge in [0, 0.05) is 5.69 Å². The van der Waals surface area contributed by atoms with Crippen LogP contribution in [0.25, 0.3) is 0 Å². The van der Waals surface area contributed by atoms with Crippen LogP contribution in [0.4, 0.5) is 5.69 Å². The van der Waals surface area contributed by atoms with Crippen molar-refractivity contribution in [3.05, 3.63) is 41.5 Å². The van der Waals surface area contributed by atoms with Gasteiger partial charge in [-0.1, -0.05) is 30.4 Å². The van der Waals surface area contributed by atoms with Crippen molar-refractivity contribution in [3.63, 3.8) is 0 Å². The Balaban J connectivity index is 1.64. The van der Waals surface area contributed by atoms with E-state index in [1.54, 1.807) is 0 Å². The van der Waals surface area contributed by atoms with E-state index in [2.05, 4.69) is 5.32 Å². The lowest BCUT2D eigenvalue weighted by atomic mass is 9.85. The molecule has 0 unspecified atom stereocenters. The lowest BCUT2D eigenvalue weighted by Gasteiger charge is -2.23. The zero-order valence-electron chi connectivity index (χ0n) is 17.1. The molecule has 0 spiro atoms. The largest absolute Gasteiger partial charge is 0.451 e. The molecule has 3 amide bonds. The Morgan fingerprint density at radius 1 is 1.03 bits per heavy atom. The number of nitrogens with zero attached hydrogens (tertiary/aromatic N) is 1. The first kappa shape index (κ1) is 20.8. The molecule has 1 aliphatic heterocycles. The van der Waals surface area contributed by atoms with Crippen LogP contribution in [0, 0.1) is 25.7 Å². The summed E-state index contributed by atoms with van der Waals surface area (Å²) in [4.78, 5) is 51.3. The van der Waals surface area contributed by atoms with Crippen LogP contribution in [-0.2, 0) is 23.9 Å². The van der Waals surface area contributed by atoms with E-state index in [0.717, 1.165) is 16.0 Å². The maximum Gasteiger partial charge on any atom is 0.329 e. The number of nitrogens with one attached hydrogen (secondary N) is 1. The molecule has 4 atom stereocenters. The number of carbonyl (C=O) groups is 4. The molecule has 154 valence electrons. The highest BCUT2D eigenvalue weighted by Crippen LogP contribution is 2.36. The molecule has 0 bridgehead atoms. The number of ether oxygens (including phenoxy) is 1. The van der Waals surface area contributed by atoms with Crippen molar-refractivity contribution >= 4 is 29.4 Å². The first-order valence-corrected chi connectivity index (χ1v) is 9.81.